The predicted molar refractivity (Wildman–Crippen MR) is 132 cm³/mol. The first kappa shape index (κ1) is 31.7. The molecule has 0 aliphatic heterocycles. The summed E-state index contributed by atoms with van der Waals surface area (Å²) in [5.74, 6) is -3.33. The molecule has 0 aromatic heterocycles. The number of hydrogen-bond donors (Lipinski definition) is 6. The summed E-state index contributed by atoms with van der Waals surface area (Å²) < 4.78 is 0. The van der Waals surface area contributed by atoms with E-state index in [4.69, 9.17) is 11.5 Å². The number of carboxylic acids is 1. The lowest BCUT2D eigenvalue weighted by Crippen LogP contribution is -2.58. The van der Waals surface area contributed by atoms with Gasteiger partial charge in [0.25, 0.3) is 0 Å². The van der Waals surface area contributed by atoms with Crippen molar-refractivity contribution in [3.63, 3.8) is 0 Å². The first-order chi connectivity index (χ1) is 15.8. The Morgan fingerprint density at radius 3 is 1.94 bits per heavy atom. The summed E-state index contributed by atoms with van der Waals surface area (Å²) in [6.45, 7) is 7.24. The molecule has 34 heavy (non-hydrogen) atoms. The fraction of sp³-hybridized carbons (Fsp3) is 0.773. The minimum absolute atomic E-state index is 0.00144. The second-order valence-corrected chi connectivity index (χ2v) is 9.84. The summed E-state index contributed by atoms with van der Waals surface area (Å²) in [5.41, 5.74) is 11.1. The molecule has 0 spiro atoms. The Morgan fingerprint density at radius 1 is 0.912 bits per heavy atom. The number of carbonyl (C=O) groups excluding carboxylic acids is 4. The van der Waals surface area contributed by atoms with E-state index in [0.29, 0.717) is 18.6 Å². The maximum absolute atomic E-state index is 13.0. The zero-order valence-electron chi connectivity index (χ0n) is 20.8. The highest BCUT2D eigenvalue weighted by molar-refractivity contribution is 7.98. The van der Waals surface area contributed by atoms with Gasteiger partial charge in [-0.25, -0.2) is 4.79 Å². The van der Waals surface area contributed by atoms with Gasteiger partial charge in [-0.1, -0.05) is 34.1 Å². The van der Waals surface area contributed by atoms with Crippen molar-refractivity contribution >= 4 is 41.4 Å². The topological polar surface area (TPSA) is 194 Å². The summed E-state index contributed by atoms with van der Waals surface area (Å²) in [5, 5.41) is 17.1. The maximum Gasteiger partial charge on any atom is 0.326 e. The summed E-state index contributed by atoms with van der Waals surface area (Å²) in [6.07, 6.45) is 2.84. The number of rotatable bonds is 17. The van der Waals surface area contributed by atoms with Crippen LogP contribution in [0.4, 0.5) is 0 Å². The fourth-order valence-electron chi connectivity index (χ4n) is 3.12. The number of carboxylic acid groups (broad SMARTS) is 1. The van der Waals surface area contributed by atoms with Crippen LogP contribution in [0.3, 0.4) is 0 Å². The number of thioether (sulfide) groups is 1. The Balaban J connectivity index is 5.56. The van der Waals surface area contributed by atoms with E-state index in [9.17, 15) is 29.1 Å². The lowest BCUT2D eigenvalue weighted by atomic mass is 9.97. The first-order valence-electron chi connectivity index (χ1n) is 11.5. The van der Waals surface area contributed by atoms with E-state index in [1.54, 1.807) is 6.92 Å². The number of nitrogens with one attached hydrogen (secondary N) is 3. The van der Waals surface area contributed by atoms with Crippen LogP contribution in [-0.2, 0) is 24.0 Å². The molecule has 0 rings (SSSR count). The molecule has 0 aromatic rings. The number of primary amides is 1. The molecule has 4 amide bonds. The monoisotopic (exact) mass is 503 g/mol. The van der Waals surface area contributed by atoms with Crippen molar-refractivity contribution in [3.8, 4) is 0 Å². The van der Waals surface area contributed by atoms with Gasteiger partial charge in [-0.3, -0.25) is 19.2 Å². The van der Waals surface area contributed by atoms with Crippen molar-refractivity contribution in [3.05, 3.63) is 0 Å². The molecule has 0 aliphatic rings. The van der Waals surface area contributed by atoms with Crippen LogP contribution in [0.5, 0.6) is 0 Å². The third kappa shape index (κ3) is 12.2. The summed E-state index contributed by atoms with van der Waals surface area (Å²) in [4.78, 5) is 61.3. The quantitative estimate of drug-likeness (QED) is 0.159. The Hall–Kier alpha value is -2.34. The third-order valence-electron chi connectivity index (χ3n) is 5.40. The van der Waals surface area contributed by atoms with Crippen molar-refractivity contribution in [1.82, 2.24) is 16.0 Å². The van der Waals surface area contributed by atoms with Crippen LogP contribution in [0.2, 0.25) is 0 Å². The largest absolute Gasteiger partial charge is 0.480 e. The molecule has 0 aliphatic carbocycles. The van der Waals surface area contributed by atoms with Crippen molar-refractivity contribution in [2.24, 2.45) is 23.3 Å². The van der Waals surface area contributed by atoms with Gasteiger partial charge in [-0.15, -0.1) is 0 Å². The van der Waals surface area contributed by atoms with Crippen molar-refractivity contribution < 1.29 is 29.1 Å². The maximum atomic E-state index is 13.0. The lowest BCUT2D eigenvalue weighted by molar-refractivity contribution is -0.144. The van der Waals surface area contributed by atoms with E-state index in [1.807, 2.05) is 27.0 Å². The van der Waals surface area contributed by atoms with Crippen LogP contribution in [0, 0.1) is 11.8 Å². The van der Waals surface area contributed by atoms with Gasteiger partial charge in [0, 0.05) is 6.42 Å². The molecule has 196 valence electrons. The minimum Gasteiger partial charge on any atom is -0.480 e. The molecule has 8 N–H and O–H groups in total. The standard InChI is InChI=1S/C22H41N5O6S/c1-6-13(4)18(22(32)33)27-21(31)16(11-12(2)3)26-20(30)15(7-8-17(24)28)25-19(29)14(23)9-10-34-5/h12-16,18H,6-11,23H2,1-5H3,(H2,24,28)(H,25,29)(H,26,30)(H,27,31)(H,32,33). The molecule has 12 heteroatoms. The van der Waals surface area contributed by atoms with Crippen LogP contribution in [0.25, 0.3) is 0 Å². The molecule has 5 unspecified atom stereocenters. The average Bonchev–Trinajstić information content (AvgIpc) is 2.76. The van der Waals surface area contributed by atoms with Gasteiger partial charge in [-0.2, -0.15) is 11.8 Å². The number of carbonyl (C=O) groups is 5. The second kappa shape index (κ2) is 16.3. The summed E-state index contributed by atoms with van der Waals surface area (Å²) in [6, 6.07) is -4.11. The van der Waals surface area contributed by atoms with Gasteiger partial charge in [0.15, 0.2) is 0 Å². The van der Waals surface area contributed by atoms with Crippen LogP contribution in [0.15, 0.2) is 0 Å². The van der Waals surface area contributed by atoms with Gasteiger partial charge in [0.05, 0.1) is 6.04 Å². The minimum atomic E-state index is -1.16. The number of aliphatic carboxylic acids is 1. The third-order valence-corrected chi connectivity index (χ3v) is 6.04. The SMILES string of the molecule is CCC(C)C(NC(=O)C(CC(C)C)NC(=O)C(CCC(N)=O)NC(=O)C(N)CCSC)C(=O)O. The van der Waals surface area contributed by atoms with E-state index in [2.05, 4.69) is 16.0 Å². The normalized spacial score (nSPS) is 15.5. The molecule has 0 radical (unpaired) electrons. The predicted octanol–water partition coefficient (Wildman–Crippen LogP) is -0.0365. The van der Waals surface area contributed by atoms with Gasteiger partial charge in [0.2, 0.25) is 23.6 Å². The zero-order valence-corrected chi connectivity index (χ0v) is 21.6. The number of amides is 4. The molecular weight excluding hydrogens is 462 g/mol. The molecule has 5 atom stereocenters. The highest BCUT2D eigenvalue weighted by Gasteiger charge is 2.32. The summed E-state index contributed by atoms with van der Waals surface area (Å²) in [7, 11) is 0. The highest BCUT2D eigenvalue weighted by atomic mass is 32.2. The van der Waals surface area contributed by atoms with Crippen LogP contribution >= 0.6 is 11.8 Å². The van der Waals surface area contributed by atoms with Gasteiger partial charge in [0.1, 0.15) is 18.1 Å². The fourth-order valence-corrected chi connectivity index (χ4v) is 3.61. The molecule has 0 saturated heterocycles. The van der Waals surface area contributed by atoms with E-state index < -0.39 is 53.8 Å². The van der Waals surface area contributed by atoms with Crippen molar-refractivity contribution in [2.75, 3.05) is 12.0 Å². The molecule has 0 heterocycles. The Morgan fingerprint density at radius 2 is 1.47 bits per heavy atom. The molecule has 0 bridgehead atoms. The molecule has 0 saturated carbocycles. The highest BCUT2D eigenvalue weighted by Crippen LogP contribution is 2.11. The molecule has 0 fully saturated rings. The number of hydrogen-bond acceptors (Lipinski definition) is 7. The Bertz CT molecular complexity index is 705. The molecule has 11 nitrogen and oxygen atoms in total. The smallest absolute Gasteiger partial charge is 0.326 e. The van der Waals surface area contributed by atoms with E-state index >= 15 is 0 Å². The zero-order chi connectivity index (χ0) is 26.4. The Kier molecular flexibility index (Phi) is 15.2. The van der Waals surface area contributed by atoms with E-state index in [1.165, 1.54) is 11.8 Å². The lowest BCUT2D eigenvalue weighted by Gasteiger charge is -2.27. The first-order valence-corrected chi connectivity index (χ1v) is 12.9. The summed E-state index contributed by atoms with van der Waals surface area (Å²) >= 11 is 1.53. The average molecular weight is 504 g/mol. The van der Waals surface area contributed by atoms with Gasteiger partial charge < -0.3 is 32.5 Å². The molecule has 0 aromatic carbocycles. The van der Waals surface area contributed by atoms with Gasteiger partial charge in [-0.05, 0) is 43.1 Å². The Labute approximate surface area is 205 Å². The van der Waals surface area contributed by atoms with E-state index in [0.717, 1.165) is 0 Å². The van der Waals surface area contributed by atoms with Gasteiger partial charge >= 0.3 is 5.97 Å². The van der Waals surface area contributed by atoms with Crippen molar-refractivity contribution in [1.29, 1.82) is 0 Å². The van der Waals surface area contributed by atoms with Crippen LogP contribution in [0.1, 0.15) is 59.8 Å². The molecular formula is C22H41N5O6S. The second-order valence-electron chi connectivity index (χ2n) is 8.85. The van der Waals surface area contributed by atoms with Crippen LogP contribution in [-0.4, -0.2) is 70.9 Å². The van der Waals surface area contributed by atoms with E-state index in [-0.39, 0.29) is 31.1 Å². The number of nitrogens with two attached hydrogens (primary N) is 2. The van der Waals surface area contributed by atoms with Crippen LogP contribution < -0.4 is 27.4 Å². The van der Waals surface area contributed by atoms with Crippen molar-refractivity contribution in [2.45, 2.75) is 84.0 Å².